The fourth-order valence-corrected chi connectivity index (χ4v) is 8.30. The van der Waals surface area contributed by atoms with Gasteiger partial charge >= 0.3 is 0 Å². The first-order chi connectivity index (χ1) is 27.3. The number of benzene rings is 9. The van der Waals surface area contributed by atoms with Crippen molar-refractivity contribution in [1.82, 2.24) is 0 Å². The molecule has 0 aliphatic heterocycles. The molecule has 0 unspecified atom stereocenters. The van der Waals surface area contributed by atoms with Gasteiger partial charge in [-0.2, -0.15) is 0 Å². The van der Waals surface area contributed by atoms with Crippen LogP contribution in [0.2, 0.25) is 0 Å². The van der Waals surface area contributed by atoms with E-state index >= 15 is 0 Å². The minimum Gasteiger partial charge on any atom is -0.455 e. The zero-order chi connectivity index (χ0) is 36.3. The summed E-state index contributed by atoms with van der Waals surface area (Å²) in [5.74, 6) is 0. The van der Waals surface area contributed by atoms with E-state index in [0.717, 1.165) is 94.0 Å². The van der Waals surface area contributed by atoms with Gasteiger partial charge in [0, 0.05) is 55.7 Å². The number of hydrogen-bond acceptors (Lipinski definition) is 3. The Labute approximate surface area is 317 Å². The van der Waals surface area contributed by atoms with Crippen molar-refractivity contribution in [3.8, 4) is 33.4 Å². The van der Waals surface area contributed by atoms with Crippen LogP contribution in [-0.4, -0.2) is 0 Å². The third-order valence-corrected chi connectivity index (χ3v) is 10.9. The maximum absolute atomic E-state index is 7.06. The lowest BCUT2D eigenvalue weighted by atomic mass is 9.94. The SMILES string of the molecule is c1ccc(-c2ccc(N(c3ccc4c(c3)oc3c(-c5cccc6c5oc5ccccc56)c5ccccc5cc34)c3ccccc3-c3ccccc3)cc2)cc1. The van der Waals surface area contributed by atoms with E-state index in [2.05, 4.69) is 193 Å². The number of anilines is 3. The van der Waals surface area contributed by atoms with E-state index in [-0.39, 0.29) is 0 Å². The molecular weight excluding hydrogens is 671 g/mol. The van der Waals surface area contributed by atoms with Crippen LogP contribution >= 0.6 is 0 Å². The smallest absolute Gasteiger partial charge is 0.144 e. The number of fused-ring (bicyclic) bond motifs is 7. The second kappa shape index (κ2) is 12.6. The van der Waals surface area contributed by atoms with E-state index in [1.165, 1.54) is 11.1 Å². The molecule has 9 aromatic carbocycles. The van der Waals surface area contributed by atoms with Gasteiger partial charge in [-0.25, -0.2) is 0 Å². The molecule has 0 spiro atoms. The second-order valence-corrected chi connectivity index (χ2v) is 14.0. The number of rotatable bonds is 6. The number of para-hydroxylation sites is 3. The lowest BCUT2D eigenvalue weighted by Crippen LogP contribution is -2.11. The highest BCUT2D eigenvalue weighted by molar-refractivity contribution is 6.22. The van der Waals surface area contributed by atoms with E-state index in [0.29, 0.717) is 0 Å². The molecule has 0 N–H and O–H groups in total. The normalized spacial score (nSPS) is 11.6. The first-order valence-electron chi connectivity index (χ1n) is 18.7. The highest BCUT2D eigenvalue weighted by Crippen LogP contribution is 2.47. The van der Waals surface area contributed by atoms with Gasteiger partial charge in [0.15, 0.2) is 0 Å². The van der Waals surface area contributed by atoms with Crippen molar-refractivity contribution in [3.63, 3.8) is 0 Å². The molecule has 2 aromatic heterocycles. The Balaban J connectivity index is 1.14. The van der Waals surface area contributed by atoms with E-state index in [1.807, 2.05) is 12.1 Å². The largest absolute Gasteiger partial charge is 0.455 e. The molecule has 0 radical (unpaired) electrons. The van der Waals surface area contributed by atoms with Crippen LogP contribution in [0.5, 0.6) is 0 Å². The molecule has 0 aliphatic carbocycles. The number of hydrogen-bond donors (Lipinski definition) is 0. The van der Waals surface area contributed by atoms with Crippen molar-refractivity contribution in [3.05, 3.63) is 200 Å². The summed E-state index contributed by atoms with van der Waals surface area (Å²) in [4.78, 5) is 2.34. The summed E-state index contributed by atoms with van der Waals surface area (Å²) in [6, 6.07) is 70.8. The summed E-state index contributed by atoms with van der Waals surface area (Å²) in [5, 5.41) is 6.63. The average Bonchev–Trinajstić information content (AvgIpc) is 3.82. The van der Waals surface area contributed by atoms with Crippen LogP contribution in [-0.2, 0) is 0 Å². The highest BCUT2D eigenvalue weighted by atomic mass is 16.3. The van der Waals surface area contributed by atoms with Crippen molar-refractivity contribution in [2.75, 3.05) is 4.90 Å². The molecule has 3 heteroatoms. The van der Waals surface area contributed by atoms with Crippen molar-refractivity contribution in [1.29, 1.82) is 0 Å². The van der Waals surface area contributed by atoms with Gasteiger partial charge in [0.05, 0.1) is 5.69 Å². The molecule has 3 nitrogen and oxygen atoms in total. The first kappa shape index (κ1) is 31.2. The lowest BCUT2D eigenvalue weighted by Gasteiger charge is -2.28. The maximum Gasteiger partial charge on any atom is 0.144 e. The monoisotopic (exact) mass is 703 g/mol. The third-order valence-electron chi connectivity index (χ3n) is 10.9. The summed E-state index contributed by atoms with van der Waals surface area (Å²) < 4.78 is 13.6. The minimum absolute atomic E-state index is 0.823. The summed E-state index contributed by atoms with van der Waals surface area (Å²) >= 11 is 0. The van der Waals surface area contributed by atoms with Crippen LogP contribution in [0.25, 0.3) is 88.0 Å². The molecule has 0 saturated carbocycles. The van der Waals surface area contributed by atoms with E-state index in [1.54, 1.807) is 0 Å². The zero-order valence-electron chi connectivity index (χ0n) is 29.8. The molecule has 11 aromatic rings. The fraction of sp³-hybridized carbons (Fsp3) is 0. The molecule has 0 aliphatic rings. The van der Waals surface area contributed by atoms with Gasteiger partial charge in [0.25, 0.3) is 0 Å². The molecule has 0 atom stereocenters. The Hall–Kier alpha value is -7.36. The number of furan rings is 2. The van der Waals surface area contributed by atoms with Gasteiger partial charge in [0.2, 0.25) is 0 Å². The summed E-state index contributed by atoms with van der Waals surface area (Å²) in [5.41, 5.74) is 13.3. The van der Waals surface area contributed by atoms with Crippen molar-refractivity contribution < 1.29 is 8.83 Å². The Bertz CT molecular complexity index is 3190. The summed E-state index contributed by atoms with van der Waals surface area (Å²) in [7, 11) is 0. The summed E-state index contributed by atoms with van der Waals surface area (Å²) in [6.07, 6.45) is 0. The van der Waals surface area contributed by atoms with E-state index in [4.69, 9.17) is 8.83 Å². The third kappa shape index (κ3) is 5.13. The first-order valence-corrected chi connectivity index (χ1v) is 18.7. The zero-order valence-corrected chi connectivity index (χ0v) is 29.8. The molecule has 0 saturated heterocycles. The Kier molecular flexibility index (Phi) is 7.17. The van der Waals surface area contributed by atoms with Crippen LogP contribution in [0.4, 0.5) is 17.1 Å². The van der Waals surface area contributed by atoms with Crippen LogP contribution in [0.1, 0.15) is 0 Å². The average molecular weight is 704 g/mol. The van der Waals surface area contributed by atoms with Gasteiger partial charge in [-0.15, -0.1) is 0 Å². The Morgan fingerprint density at radius 1 is 0.327 bits per heavy atom. The molecule has 258 valence electrons. The predicted molar refractivity (Wildman–Crippen MR) is 229 cm³/mol. The topological polar surface area (TPSA) is 29.5 Å². The maximum atomic E-state index is 7.06. The van der Waals surface area contributed by atoms with Crippen LogP contribution < -0.4 is 4.90 Å². The van der Waals surface area contributed by atoms with Crippen molar-refractivity contribution >= 4 is 71.7 Å². The number of nitrogens with zero attached hydrogens (tertiary/aromatic N) is 1. The molecule has 0 amide bonds. The standard InChI is InChI=1S/C52H33NO2/c1-3-14-34(15-4-1)35-26-28-38(29-27-35)53(47-24-11-9-19-40(47)36-16-5-2-6-17-36)39-30-31-43-46-32-37-18-7-8-20-41(37)50(52(46)55-49(43)33-39)45-23-13-22-44-42-21-10-12-25-48(42)54-51(44)45/h1-33H. The van der Waals surface area contributed by atoms with Crippen LogP contribution in [0.3, 0.4) is 0 Å². The quantitative estimate of drug-likeness (QED) is 0.173. The predicted octanol–water partition coefficient (Wildman–Crippen LogP) is 15.1. The highest BCUT2D eigenvalue weighted by Gasteiger charge is 2.23. The van der Waals surface area contributed by atoms with E-state index in [9.17, 15) is 0 Å². The van der Waals surface area contributed by atoms with Crippen LogP contribution in [0.15, 0.2) is 209 Å². The minimum atomic E-state index is 0.823. The van der Waals surface area contributed by atoms with Crippen molar-refractivity contribution in [2.45, 2.75) is 0 Å². The molecule has 55 heavy (non-hydrogen) atoms. The molecule has 2 heterocycles. The van der Waals surface area contributed by atoms with E-state index < -0.39 is 0 Å². The fourth-order valence-electron chi connectivity index (χ4n) is 8.30. The van der Waals surface area contributed by atoms with Gasteiger partial charge in [-0.1, -0.05) is 152 Å². The molecule has 0 fully saturated rings. The van der Waals surface area contributed by atoms with Crippen molar-refractivity contribution in [2.24, 2.45) is 0 Å². The Morgan fingerprint density at radius 3 is 1.76 bits per heavy atom. The second-order valence-electron chi connectivity index (χ2n) is 14.0. The lowest BCUT2D eigenvalue weighted by molar-refractivity contribution is 0.665. The molecule has 11 rings (SSSR count). The van der Waals surface area contributed by atoms with Gasteiger partial charge < -0.3 is 13.7 Å². The van der Waals surface area contributed by atoms with Gasteiger partial charge in [0.1, 0.15) is 22.3 Å². The molecule has 0 bridgehead atoms. The molecular formula is C52H33NO2. The van der Waals surface area contributed by atoms with Crippen LogP contribution in [0, 0.1) is 0 Å². The van der Waals surface area contributed by atoms with Gasteiger partial charge in [-0.05, 0) is 69.9 Å². The van der Waals surface area contributed by atoms with Gasteiger partial charge in [-0.3, -0.25) is 0 Å². The summed E-state index contributed by atoms with van der Waals surface area (Å²) in [6.45, 7) is 0. The Morgan fingerprint density at radius 2 is 0.927 bits per heavy atom.